The van der Waals surface area contributed by atoms with E-state index in [4.69, 9.17) is 10.5 Å². The zero-order valence-corrected chi connectivity index (χ0v) is 13.5. The Morgan fingerprint density at radius 2 is 1.95 bits per heavy atom. The van der Waals surface area contributed by atoms with E-state index in [0.29, 0.717) is 6.61 Å². The number of rotatable bonds is 5. The van der Waals surface area contributed by atoms with Gasteiger partial charge in [-0.3, -0.25) is 5.43 Å². The topological polar surface area (TPSA) is 59.6 Å². The first-order chi connectivity index (χ1) is 10.1. The van der Waals surface area contributed by atoms with Crippen molar-refractivity contribution in [1.82, 2.24) is 5.43 Å². The lowest BCUT2D eigenvalue weighted by molar-refractivity contribution is 0.306. The molecule has 0 aliphatic rings. The molecule has 0 saturated carbocycles. The Bertz CT molecular complexity index is 644. The molecule has 2 aromatic carbocycles. The number of hydrogen-bond acceptors (Lipinski definition) is 3. The quantitative estimate of drug-likeness (QED) is 0.486. The summed E-state index contributed by atoms with van der Waals surface area (Å²) < 4.78 is 6.87. The van der Waals surface area contributed by atoms with Crippen molar-refractivity contribution in [2.45, 2.75) is 6.61 Å². The lowest BCUT2D eigenvalue weighted by Crippen LogP contribution is -2.24. The maximum Gasteiger partial charge on any atom is 0.184 e. The van der Waals surface area contributed by atoms with Gasteiger partial charge in [0.1, 0.15) is 12.4 Å². The van der Waals surface area contributed by atoms with E-state index >= 15 is 0 Å². The summed E-state index contributed by atoms with van der Waals surface area (Å²) in [7, 11) is 0. The van der Waals surface area contributed by atoms with Crippen molar-refractivity contribution in [3.8, 4) is 5.75 Å². The third-order valence-electron chi connectivity index (χ3n) is 2.60. The van der Waals surface area contributed by atoms with E-state index in [-0.39, 0.29) is 5.11 Å². The van der Waals surface area contributed by atoms with Crippen molar-refractivity contribution in [1.29, 1.82) is 0 Å². The van der Waals surface area contributed by atoms with Gasteiger partial charge in [0.15, 0.2) is 5.11 Å². The van der Waals surface area contributed by atoms with Crippen molar-refractivity contribution < 1.29 is 4.74 Å². The average molecular weight is 364 g/mol. The van der Waals surface area contributed by atoms with Crippen molar-refractivity contribution in [2.75, 3.05) is 0 Å². The lowest BCUT2D eigenvalue weighted by Gasteiger charge is -2.09. The van der Waals surface area contributed by atoms with Crippen LogP contribution in [0.25, 0.3) is 0 Å². The standard InChI is InChI=1S/C15H14BrN3OS/c16-13-7-5-11(6-8-13)10-20-14-4-2-1-3-12(14)9-18-19-15(17)21/h1-9H,10H2,(H3,17,19,21). The molecule has 0 radical (unpaired) electrons. The predicted molar refractivity (Wildman–Crippen MR) is 92.4 cm³/mol. The first-order valence-electron chi connectivity index (χ1n) is 6.20. The minimum Gasteiger partial charge on any atom is -0.488 e. The molecule has 6 heteroatoms. The second kappa shape index (κ2) is 7.75. The minimum atomic E-state index is 0.125. The van der Waals surface area contributed by atoms with Crippen molar-refractivity contribution in [2.24, 2.45) is 10.8 Å². The summed E-state index contributed by atoms with van der Waals surface area (Å²) in [5.74, 6) is 0.744. The maximum atomic E-state index is 5.82. The van der Waals surface area contributed by atoms with Crippen LogP contribution in [0.2, 0.25) is 0 Å². The molecule has 2 aromatic rings. The molecular weight excluding hydrogens is 350 g/mol. The van der Waals surface area contributed by atoms with Crippen LogP contribution in [-0.4, -0.2) is 11.3 Å². The SMILES string of the molecule is NC(=S)NN=Cc1ccccc1OCc1ccc(Br)cc1. The molecule has 0 heterocycles. The van der Waals surface area contributed by atoms with E-state index in [1.807, 2.05) is 48.5 Å². The Labute approximate surface area is 137 Å². The molecule has 0 spiro atoms. The summed E-state index contributed by atoms with van der Waals surface area (Å²) in [6, 6.07) is 15.6. The highest BCUT2D eigenvalue weighted by Gasteiger charge is 2.01. The van der Waals surface area contributed by atoms with E-state index < -0.39 is 0 Å². The third-order valence-corrected chi connectivity index (χ3v) is 3.22. The van der Waals surface area contributed by atoms with Gasteiger partial charge in [0.05, 0.1) is 6.21 Å². The molecule has 0 bridgehead atoms. The number of nitrogens with zero attached hydrogens (tertiary/aromatic N) is 1. The molecular formula is C15H14BrN3OS. The number of halogens is 1. The predicted octanol–water partition coefficient (Wildman–Crippen LogP) is 3.20. The molecule has 3 N–H and O–H groups in total. The summed E-state index contributed by atoms with van der Waals surface area (Å²) in [5, 5.41) is 4.07. The van der Waals surface area contributed by atoms with E-state index in [1.165, 1.54) is 0 Å². The van der Waals surface area contributed by atoms with Crippen LogP contribution < -0.4 is 15.9 Å². The number of hydrogen-bond donors (Lipinski definition) is 2. The first kappa shape index (κ1) is 15.5. The highest BCUT2D eigenvalue weighted by Crippen LogP contribution is 2.18. The van der Waals surface area contributed by atoms with E-state index in [2.05, 4.69) is 38.7 Å². The second-order valence-corrected chi connectivity index (χ2v) is 5.54. The number of nitrogens with two attached hydrogens (primary N) is 1. The first-order valence-corrected chi connectivity index (χ1v) is 7.40. The van der Waals surface area contributed by atoms with Crippen LogP contribution in [0.3, 0.4) is 0 Å². The monoisotopic (exact) mass is 363 g/mol. The van der Waals surface area contributed by atoms with Crippen LogP contribution in [0.5, 0.6) is 5.75 Å². The third kappa shape index (κ3) is 5.17. The molecule has 21 heavy (non-hydrogen) atoms. The minimum absolute atomic E-state index is 0.125. The number of thiocarbonyl (C=S) groups is 1. The van der Waals surface area contributed by atoms with Gasteiger partial charge in [-0.1, -0.05) is 40.2 Å². The van der Waals surface area contributed by atoms with Gasteiger partial charge in [-0.25, -0.2) is 0 Å². The van der Waals surface area contributed by atoms with Crippen LogP contribution in [0, 0.1) is 0 Å². The Morgan fingerprint density at radius 3 is 2.67 bits per heavy atom. The van der Waals surface area contributed by atoms with Gasteiger partial charge in [-0.15, -0.1) is 0 Å². The highest BCUT2D eigenvalue weighted by molar-refractivity contribution is 9.10. The summed E-state index contributed by atoms with van der Waals surface area (Å²) >= 11 is 8.09. The second-order valence-electron chi connectivity index (χ2n) is 4.19. The fraction of sp³-hybridized carbons (Fsp3) is 0.0667. The maximum absolute atomic E-state index is 5.82. The summed E-state index contributed by atoms with van der Waals surface area (Å²) in [6.07, 6.45) is 1.62. The largest absolute Gasteiger partial charge is 0.488 e. The van der Waals surface area contributed by atoms with Gasteiger partial charge in [0, 0.05) is 10.0 Å². The summed E-state index contributed by atoms with van der Waals surface area (Å²) in [5.41, 5.74) is 9.77. The normalized spacial score (nSPS) is 10.5. The number of benzene rings is 2. The van der Waals surface area contributed by atoms with Crippen LogP contribution in [0.15, 0.2) is 58.1 Å². The fourth-order valence-corrected chi connectivity index (χ4v) is 1.94. The molecule has 0 atom stereocenters. The molecule has 0 aliphatic carbocycles. The molecule has 0 aromatic heterocycles. The molecule has 0 amide bonds. The molecule has 108 valence electrons. The fourth-order valence-electron chi connectivity index (χ4n) is 1.63. The summed E-state index contributed by atoms with van der Waals surface area (Å²) in [6.45, 7) is 0.487. The van der Waals surface area contributed by atoms with E-state index in [9.17, 15) is 0 Å². The molecule has 0 unspecified atom stereocenters. The van der Waals surface area contributed by atoms with Crippen LogP contribution >= 0.6 is 28.1 Å². The van der Waals surface area contributed by atoms with Gasteiger partial charge in [-0.05, 0) is 42.0 Å². The highest BCUT2D eigenvalue weighted by atomic mass is 79.9. The number of para-hydroxylation sites is 1. The molecule has 2 rings (SSSR count). The van der Waals surface area contributed by atoms with Crippen LogP contribution in [0.1, 0.15) is 11.1 Å². The number of ether oxygens (including phenoxy) is 1. The number of nitrogens with one attached hydrogen (secondary N) is 1. The zero-order valence-electron chi connectivity index (χ0n) is 11.1. The lowest BCUT2D eigenvalue weighted by atomic mass is 10.2. The van der Waals surface area contributed by atoms with Gasteiger partial charge in [-0.2, -0.15) is 5.10 Å². The smallest absolute Gasteiger partial charge is 0.184 e. The molecule has 0 fully saturated rings. The van der Waals surface area contributed by atoms with Gasteiger partial charge in [0.25, 0.3) is 0 Å². The Morgan fingerprint density at radius 1 is 1.24 bits per heavy atom. The van der Waals surface area contributed by atoms with Crippen LogP contribution in [-0.2, 0) is 6.61 Å². The zero-order chi connectivity index (χ0) is 15.1. The Kier molecular flexibility index (Phi) is 5.71. The Balaban J connectivity index is 2.04. The Hall–Kier alpha value is -1.92. The summed E-state index contributed by atoms with van der Waals surface area (Å²) in [4.78, 5) is 0. The van der Waals surface area contributed by atoms with E-state index in [1.54, 1.807) is 6.21 Å². The van der Waals surface area contributed by atoms with Crippen molar-refractivity contribution in [3.05, 3.63) is 64.1 Å². The molecule has 0 saturated heterocycles. The average Bonchev–Trinajstić information content (AvgIpc) is 2.47. The van der Waals surface area contributed by atoms with Gasteiger partial charge >= 0.3 is 0 Å². The van der Waals surface area contributed by atoms with Crippen LogP contribution in [0.4, 0.5) is 0 Å². The van der Waals surface area contributed by atoms with Crippen molar-refractivity contribution in [3.63, 3.8) is 0 Å². The number of hydrazone groups is 1. The van der Waals surface area contributed by atoms with Gasteiger partial charge < -0.3 is 10.5 Å². The van der Waals surface area contributed by atoms with E-state index in [0.717, 1.165) is 21.3 Å². The molecule has 4 nitrogen and oxygen atoms in total. The van der Waals surface area contributed by atoms with Gasteiger partial charge in [0.2, 0.25) is 0 Å². The van der Waals surface area contributed by atoms with Crippen molar-refractivity contribution >= 4 is 39.5 Å². The molecule has 0 aliphatic heterocycles.